The predicted octanol–water partition coefficient (Wildman–Crippen LogP) is 2.04. The lowest BCUT2D eigenvalue weighted by Crippen LogP contribution is -2.41. The van der Waals surface area contributed by atoms with E-state index in [1.54, 1.807) is 0 Å². The van der Waals surface area contributed by atoms with E-state index in [4.69, 9.17) is 9.47 Å². The predicted molar refractivity (Wildman–Crippen MR) is 72.2 cm³/mol. The zero-order chi connectivity index (χ0) is 13.4. The van der Waals surface area contributed by atoms with E-state index in [1.165, 1.54) is 0 Å². The molecule has 1 heterocycles. The highest BCUT2D eigenvalue weighted by Crippen LogP contribution is 2.55. The normalized spacial score (nSPS) is 25.4. The van der Waals surface area contributed by atoms with Crippen LogP contribution in [0.1, 0.15) is 42.2 Å². The summed E-state index contributed by atoms with van der Waals surface area (Å²) in [5.41, 5.74) is 2.90. The topological polar surface area (TPSA) is 52.6 Å². The van der Waals surface area contributed by atoms with E-state index in [2.05, 4.69) is 0 Å². The molecule has 0 radical (unpaired) electrons. The summed E-state index contributed by atoms with van der Waals surface area (Å²) < 4.78 is 10.9. The molecule has 4 nitrogen and oxygen atoms in total. The van der Waals surface area contributed by atoms with Crippen LogP contribution in [0.5, 0.6) is 11.5 Å². The molecule has 4 heteroatoms. The van der Waals surface area contributed by atoms with Gasteiger partial charge in [0.05, 0.1) is 0 Å². The second-order valence-corrected chi connectivity index (χ2v) is 5.88. The summed E-state index contributed by atoms with van der Waals surface area (Å²) in [6.45, 7) is 0.227. The van der Waals surface area contributed by atoms with Crippen LogP contribution in [0.3, 0.4) is 0 Å². The number of benzene rings is 1. The van der Waals surface area contributed by atoms with E-state index in [9.17, 15) is 9.59 Å². The molecule has 0 amide bonds. The average Bonchev–Trinajstić information content (AvgIpc) is 3.10. The van der Waals surface area contributed by atoms with Gasteiger partial charge in [-0.2, -0.15) is 0 Å². The maximum absolute atomic E-state index is 12.0. The third-order valence-corrected chi connectivity index (χ3v) is 5.05. The average molecular weight is 268 g/mol. The Morgan fingerprint density at radius 3 is 2.55 bits per heavy atom. The van der Waals surface area contributed by atoms with Crippen molar-refractivity contribution >= 4 is 0 Å². The first-order valence-corrected chi connectivity index (χ1v) is 7.03. The van der Waals surface area contributed by atoms with Gasteiger partial charge in [0.15, 0.2) is 11.5 Å². The van der Waals surface area contributed by atoms with Crippen molar-refractivity contribution in [1.82, 2.24) is 0 Å². The highest BCUT2D eigenvalue weighted by atomic mass is 16.7. The van der Waals surface area contributed by atoms with E-state index < -0.39 is 0 Å². The van der Waals surface area contributed by atoms with Crippen LogP contribution in [-0.2, 0) is 0 Å². The second-order valence-electron chi connectivity index (χ2n) is 5.88. The summed E-state index contributed by atoms with van der Waals surface area (Å²) in [6, 6.07) is 3.90. The lowest BCUT2D eigenvalue weighted by atomic mass is 9.70. The Labute approximate surface area is 114 Å². The fourth-order valence-corrected chi connectivity index (χ4v) is 4.19. The van der Waals surface area contributed by atoms with Gasteiger partial charge in [-0.3, -0.25) is 9.59 Å². The molecule has 2 unspecified atom stereocenters. The molecule has 0 N–H and O–H groups in total. The molecule has 20 heavy (non-hydrogen) atoms. The highest BCUT2D eigenvalue weighted by Gasteiger charge is 2.43. The number of fused-ring (bicyclic) bond motifs is 7. The van der Waals surface area contributed by atoms with Crippen LogP contribution < -0.4 is 20.3 Å². The van der Waals surface area contributed by atoms with Crippen LogP contribution in [-0.4, -0.2) is 6.79 Å². The molecule has 2 aromatic carbocycles. The van der Waals surface area contributed by atoms with E-state index in [0.717, 1.165) is 41.7 Å². The summed E-state index contributed by atoms with van der Waals surface area (Å²) in [5.74, 6) is 2.04. The van der Waals surface area contributed by atoms with Crippen molar-refractivity contribution in [2.24, 2.45) is 0 Å². The molecule has 100 valence electrons. The molecule has 1 aliphatic heterocycles. The zero-order valence-electron chi connectivity index (χ0n) is 10.8. The number of hydrogen-bond acceptors (Lipinski definition) is 4. The molecule has 1 saturated carbocycles. The van der Waals surface area contributed by atoms with Gasteiger partial charge in [-0.1, -0.05) is 6.42 Å². The molecule has 2 aliphatic carbocycles. The van der Waals surface area contributed by atoms with Crippen LogP contribution in [0.25, 0.3) is 11.1 Å². The molecule has 0 bridgehead atoms. The van der Waals surface area contributed by atoms with Crippen LogP contribution in [0.15, 0.2) is 21.7 Å². The first-order chi connectivity index (χ1) is 9.75. The second kappa shape index (κ2) is 3.32. The molecular weight excluding hydrogens is 256 g/mol. The fraction of sp³-hybridized carbons (Fsp3) is 0.375. The monoisotopic (exact) mass is 268 g/mol. The maximum Gasteiger partial charge on any atom is 0.234 e. The van der Waals surface area contributed by atoms with E-state index in [1.807, 2.05) is 12.1 Å². The third-order valence-electron chi connectivity index (χ3n) is 5.05. The van der Waals surface area contributed by atoms with Crippen LogP contribution in [0, 0.1) is 0 Å². The van der Waals surface area contributed by atoms with Gasteiger partial charge >= 0.3 is 0 Å². The van der Waals surface area contributed by atoms with Crippen LogP contribution in [0.2, 0.25) is 0 Å². The van der Waals surface area contributed by atoms with Gasteiger partial charge in [-0.15, -0.1) is 0 Å². The Morgan fingerprint density at radius 1 is 0.950 bits per heavy atom. The first-order valence-electron chi connectivity index (χ1n) is 7.03. The smallest absolute Gasteiger partial charge is 0.234 e. The Hall–Kier alpha value is -2.10. The summed E-state index contributed by atoms with van der Waals surface area (Å²) in [5, 5.41) is 0. The van der Waals surface area contributed by atoms with E-state index in [-0.39, 0.29) is 23.6 Å². The van der Waals surface area contributed by atoms with Gasteiger partial charge in [0.25, 0.3) is 0 Å². The molecule has 0 aromatic heterocycles. The van der Waals surface area contributed by atoms with Crippen molar-refractivity contribution in [3.63, 3.8) is 0 Å². The number of ether oxygens (including phenoxy) is 2. The van der Waals surface area contributed by atoms with Crippen molar-refractivity contribution in [2.75, 3.05) is 6.79 Å². The molecular formula is C16H12O4. The van der Waals surface area contributed by atoms with E-state index in [0.29, 0.717) is 17.2 Å². The van der Waals surface area contributed by atoms with Gasteiger partial charge in [0.1, 0.15) is 0 Å². The van der Waals surface area contributed by atoms with Crippen molar-refractivity contribution in [3.8, 4) is 22.6 Å². The minimum Gasteiger partial charge on any atom is -0.454 e. The lowest BCUT2D eigenvalue weighted by molar-refractivity contribution is 0.174. The molecule has 0 spiro atoms. The standard InChI is InChI=1S/C16H12O4/c17-15-13-8-3-1-2-7(8)9-4-11-12(20-6-19-11)5-10(9)14(13)16(15)18/h4-5,7-8H,1-3,6H2. The molecule has 3 aliphatic rings. The minimum atomic E-state index is -0.328. The van der Waals surface area contributed by atoms with Crippen molar-refractivity contribution in [1.29, 1.82) is 0 Å². The fourth-order valence-electron chi connectivity index (χ4n) is 4.19. The lowest BCUT2D eigenvalue weighted by Gasteiger charge is -2.31. The van der Waals surface area contributed by atoms with Crippen molar-refractivity contribution in [3.05, 3.63) is 43.7 Å². The number of rotatable bonds is 0. The minimum absolute atomic E-state index is 0.227. The Kier molecular flexibility index (Phi) is 1.77. The molecule has 0 saturated heterocycles. The Morgan fingerprint density at radius 2 is 1.70 bits per heavy atom. The summed E-state index contributed by atoms with van der Waals surface area (Å²) >= 11 is 0. The number of hydrogen-bond donors (Lipinski definition) is 0. The van der Waals surface area contributed by atoms with Gasteiger partial charge in [0, 0.05) is 11.1 Å². The molecule has 2 atom stereocenters. The third kappa shape index (κ3) is 1.05. The molecule has 1 fully saturated rings. The molecule has 2 aromatic rings. The van der Waals surface area contributed by atoms with Crippen LogP contribution >= 0.6 is 0 Å². The summed E-state index contributed by atoms with van der Waals surface area (Å²) in [4.78, 5) is 23.9. The quantitative estimate of drug-likeness (QED) is 0.686. The largest absolute Gasteiger partial charge is 0.454 e. The first kappa shape index (κ1) is 10.7. The van der Waals surface area contributed by atoms with Gasteiger partial charge < -0.3 is 9.47 Å². The Bertz CT molecular complexity index is 826. The maximum atomic E-state index is 12.0. The van der Waals surface area contributed by atoms with Gasteiger partial charge in [-0.05, 0) is 47.9 Å². The van der Waals surface area contributed by atoms with Crippen molar-refractivity contribution < 1.29 is 9.47 Å². The molecule has 5 rings (SSSR count). The summed E-state index contributed by atoms with van der Waals surface area (Å²) in [7, 11) is 0. The Balaban J connectivity index is 1.85. The van der Waals surface area contributed by atoms with Crippen LogP contribution in [0.4, 0.5) is 0 Å². The van der Waals surface area contributed by atoms with Gasteiger partial charge in [-0.25, -0.2) is 0 Å². The van der Waals surface area contributed by atoms with Gasteiger partial charge in [0.2, 0.25) is 17.7 Å². The summed E-state index contributed by atoms with van der Waals surface area (Å²) in [6.07, 6.45) is 3.20. The zero-order valence-corrected chi connectivity index (χ0v) is 10.8. The van der Waals surface area contributed by atoms with E-state index >= 15 is 0 Å². The SMILES string of the molecule is O=c1c2c(c1=O)C1CCCC1c1cc3c(cc1-2)OCO3. The van der Waals surface area contributed by atoms with Crippen molar-refractivity contribution in [2.45, 2.75) is 31.1 Å². The highest BCUT2D eigenvalue weighted by molar-refractivity contribution is 5.80.